The lowest BCUT2D eigenvalue weighted by molar-refractivity contribution is -0.143. The average molecular weight is 313 g/mol. The van der Waals surface area contributed by atoms with Crippen molar-refractivity contribution in [2.24, 2.45) is 0 Å². The fourth-order valence-electron chi connectivity index (χ4n) is 1.89. The van der Waals surface area contributed by atoms with E-state index in [0.29, 0.717) is 10.9 Å². The zero-order chi connectivity index (χ0) is 15.8. The van der Waals surface area contributed by atoms with Crippen molar-refractivity contribution in [3.05, 3.63) is 34.7 Å². The van der Waals surface area contributed by atoms with E-state index in [1.54, 1.807) is 6.92 Å². The van der Waals surface area contributed by atoms with E-state index in [2.05, 4.69) is 10.3 Å². The number of fused-ring (bicyclic) bond motifs is 1. The molecule has 1 atom stereocenters. The summed E-state index contributed by atoms with van der Waals surface area (Å²) in [4.78, 5) is 26.2. The Morgan fingerprint density at radius 2 is 2.14 bits per heavy atom. The van der Waals surface area contributed by atoms with Crippen LogP contribution in [0, 0.1) is 5.82 Å². The number of H-pyrrole nitrogens is 1. The first-order valence-corrected chi connectivity index (χ1v) is 6.69. The maximum Gasteiger partial charge on any atom is 0.329 e. The summed E-state index contributed by atoms with van der Waals surface area (Å²) in [5.41, 5.74) is -0.888. The molecule has 1 unspecified atom stereocenters. The lowest BCUT2D eigenvalue weighted by Crippen LogP contribution is -2.51. The standard InChI is InChI=1S/C14H14ClFN2O3/c1-3-14(2,13(20)21)18-12(19)11-10(15)8-6-7(16)4-5-9(8)17-11/h4-6,17H,3H2,1-2H3,(H,18,19)(H,20,21). The molecule has 0 fully saturated rings. The number of benzene rings is 1. The van der Waals surface area contributed by atoms with Crippen LogP contribution in [0.3, 0.4) is 0 Å². The monoisotopic (exact) mass is 312 g/mol. The van der Waals surface area contributed by atoms with Gasteiger partial charge in [0.1, 0.15) is 17.1 Å². The molecule has 0 saturated carbocycles. The Bertz CT molecular complexity index is 728. The third-order valence-electron chi connectivity index (χ3n) is 3.49. The van der Waals surface area contributed by atoms with E-state index in [-0.39, 0.29) is 17.1 Å². The first-order chi connectivity index (χ1) is 9.78. The van der Waals surface area contributed by atoms with Crippen LogP contribution in [0.1, 0.15) is 30.8 Å². The molecule has 0 aliphatic heterocycles. The summed E-state index contributed by atoms with van der Waals surface area (Å²) < 4.78 is 13.2. The van der Waals surface area contributed by atoms with Crippen LogP contribution in [0.4, 0.5) is 4.39 Å². The molecule has 3 N–H and O–H groups in total. The molecule has 112 valence electrons. The minimum atomic E-state index is -1.40. The number of amides is 1. The van der Waals surface area contributed by atoms with Crippen molar-refractivity contribution in [2.45, 2.75) is 25.8 Å². The highest BCUT2D eigenvalue weighted by atomic mass is 35.5. The molecule has 21 heavy (non-hydrogen) atoms. The van der Waals surface area contributed by atoms with Crippen LogP contribution in [-0.4, -0.2) is 27.5 Å². The summed E-state index contributed by atoms with van der Waals surface area (Å²) in [5.74, 6) is -2.26. The van der Waals surface area contributed by atoms with Crippen molar-refractivity contribution in [1.82, 2.24) is 10.3 Å². The van der Waals surface area contributed by atoms with Crippen LogP contribution in [0.2, 0.25) is 5.02 Å². The van der Waals surface area contributed by atoms with Crippen LogP contribution < -0.4 is 5.32 Å². The third kappa shape index (κ3) is 2.71. The van der Waals surface area contributed by atoms with E-state index in [0.717, 1.165) is 0 Å². The minimum Gasteiger partial charge on any atom is -0.480 e. The van der Waals surface area contributed by atoms with Gasteiger partial charge in [0.05, 0.1) is 5.02 Å². The number of carboxylic acids is 1. The quantitative estimate of drug-likeness (QED) is 0.811. The van der Waals surface area contributed by atoms with E-state index in [9.17, 15) is 14.0 Å². The van der Waals surface area contributed by atoms with Crippen molar-refractivity contribution in [3.8, 4) is 0 Å². The van der Waals surface area contributed by atoms with Gasteiger partial charge in [0.25, 0.3) is 5.91 Å². The number of carbonyl (C=O) groups excluding carboxylic acids is 1. The molecule has 1 aromatic heterocycles. The molecule has 0 saturated heterocycles. The Balaban J connectivity index is 2.40. The third-order valence-corrected chi connectivity index (χ3v) is 3.89. The molecule has 1 aromatic carbocycles. The van der Waals surface area contributed by atoms with Crippen LogP contribution in [0.15, 0.2) is 18.2 Å². The van der Waals surface area contributed by atoms with Crippen molar-refractivity contribution in [3.63, 3.8) is 0 Å². The highest BCUT2D eigenvalue weighted by Gasteiger charge is 2.34. The van der Waals surface area contributed by atoms with Gasteiger partial charge in [0.2, 0.25) is 0 Å². The predicted octanol–water partition coefficient (Wildman–Crippen LogP) is 2.94. The molecular weight excluding hydrogens is 299 g/mol. The average Bonchev–Trinajstić information content (AvgIpc) is 2.75. The van der Waals surface area contributed by atoms with E-state index in [1.807, 2.05) is 0 Å². The molecule has 1 heterocycles. The van der Waals surface area contributed by atoms with Gasteiger partial charge in [-0.3, -0.25) is 4.79 Å². The molecule has 0 bridgehead atoms. The van der Waals surface area contributed by atoms with Gasteiger partial charge in [-0.05, 0) is 31.5 Å². The topological polar surface area (TPSA) is 82.2 Å². The summed E-state index contributed by atoms with van der Waals surface area (Å²) in [6.45, 7) is 3.06. The lowest BCUT2D eigenvalue weighted by atomic mass is 9.99. The normalized spacial score (nSPS) is 13.9. The second kappa shape index (κ2) is 5.37. The molecule has 0 spiro atoms. The highest BCUT2D eigenvalue weighted by Crippen LogP contribution is 2.28. The first-order valence-electron chi connectivity index (χ1n) is 6.31. The minimum absolute atomic E-state index is 0.0122. The van der Waals surface area contributed by atoms with Gasteiger partial charge >= 0.3 is 5.97 Å². The maximum absolute atomic E-state index is 13.2. The molecule has 0 aliphatic rings. The van der Waals surface area contributed by atoms with Crippen molar-refractivity contribution < 1.29 is 19.1 Å². The van der Waals surface area contributed by atoms with E-state index < -0.39 is 23.2 Å². The Kier molecular flexibility index (Phi) is 3.91. The van der Waals surface area contributed by atoms with Crippen molar-refractivity contribution >= 4 is 34.4 Å². The number of nitrogens with one attached hydrogen (secondary N) is 2. The molecule has 5 nitrogen and oxygen atoms in total. The Labute approximate surface area is 125 Å². The number of carboxylic acid groups (broad SMARTS) is 1. The zero-order valence-electron chi connectivity index (χ0n) is 11.5. The Hall–Kier alpha value is -2.08. The Morgan fingerprint density at radius 3 is 2.71 bits per heavy atom. The molecule has 2 rings (SSSR count). The molecular formula is C14H14ClFN2O3. The van der Waals surface area contributed by atoms with Gasteiger partial charge in [0.15, 0.2) is 0 Å². The van der Waals surface area contributed by atoms with E-state index in [1.165, 1.54) is 25.1 Å². The summed E-state index contributed by atoms with van der Waals surface area (Å²) in [5, 5.41) is 12.0. The maximum atomic E-state index is 13.2. The van der Waals surface area contributed by atoms with Crippen LogP contribution in [-0.2, 0) is 4.79 Å². The number of halogens is 2. The van der Waals surface area contributed by atoms with E-state index >= 15 is 0 Å². The first kappa shape index (κ1) is 15.3. The number of rotatable bonds is 4. The largest absolute Gasteiger partial charge is 0.480 e. The number of hydrogen-bond donors (Lipinski definition) is 3. The summed E-state index contributed by atoms with van der Waals surface area (Å²) in [6.07, 6.45) is 0.209. The molecule has 7 heteroatoms. The number of hydrogen-bond acceptors (Lipinski definition) is 2. The van der Waals surface area contributed by atoms with Gasteiger partial charge in [-0.1, -0.05) is 18.5 Å². The predicted molar refractivity (Wildman–Crippen MR) is 77.1 cm³/mol. The lowest BCUT2D eigenvalue weighted by Gasteiger charge is -2.24. The summed E-state index contributed by atoms with van der Waals surface area (Å²) >= 11 is 6.07. The van der Waals surface area contributed by atoms with Crippen LogP contribution >= 0.6 is 11.6 Å². The second-order valence-electron chi connectivity index (χ2n) is 4.95. The fraction of sp³-hybridized carbons (Fsp3) is 0.286. The van der Waals surface area contributed by atoms with Gasteiger partial charge in [-0.2, -0.15) is 0 Å². The Morgan fingerprint density at radius 1 is 1.48 bits per heavy atom. The molecule has 1 amide bonds. The smallest absolute Gasteiger partial charge is 0.329 e. The number of aliphatic carboxylic acids is 1. The van der Waals surface area contributed by atoms with E-state index in [4.69, 9.17) is 16.7 Å². The fourth-order valence-corrected chi connectivity index (χ4v) is 2.18. The number of aromatic nitrogens is 1. The van der Waals surface area contributed by atoms with Crippen molar-refractivity contribution in [2.75, 3.05) is 0 Å². The molecule has 0 radical (unpaired) electrons. The molecule has 2 aromatic rings. The van der Waals surface area contributed by atoms with Crippen LogP contribution in [0.25, 0.3) is 10.9 Å². The number of carbonyl (C=O) groups is 2. The highest BCUT2D eigenvalue weighted by molar-refractivity contribution is 6.38. The summed E-state index contributed by atoms with van der Waals surface area (Å²) in [6, 6.07) is 3.91. The molecule has 0 aliphatic carbocycles. The SMILES string of the molecule is CCC(C)(NC(=O)c1[nH]c2ccc(F)cc2c1Cl)C(=O)O. The van der Waals surface area contributed by atoms with Crippen molar-refractivity contribution in [1.29, 1.82) is 0 Å². The van der Waals surface area contributed by atoms with Crippen LogP contribution in [0.5, 0.6) is 0 Å². The second-order valence-corrected chi connectivity index (χ2v) is 5.33. The van der Waals surface area contributed by atoms with Gasteiger partial charge in [0, 0.05) is 10.9 Å². The number of aromatic amines is 1. The van der Waals surface area contributed by atoms with Gasteiger partial charge in [-0.25, -0.2) is 9.18 Å². The van der Waals surface area contributed by atoms with Gasteiger partial charge < -0.3 is 15.4 Å². The zero-order valence-corrected chi connectivity index (χ0v) is 12.2. The summed E-state index contributed by atoms with van der Waals surface area (Å²) in [7, 11) is 0. The van der Waals surface area contributed by atoms with Gasteiger partial charge in [-0.15, -0.1) is 0 Å².